The van der Waals surface area contributed by atoms with Crippen LogP contribution in [0.25, 0.3) is 5.65 Å². The third-order valence-electron chi connectivity index (χ3n) is 3.19. The van der Waals surface area contributed by atoms with Crippen LogP contribution in [0.15, 0.2) is 30.7 Å². The second-order valence-corrected chi connectivity index (χ2v) is 6.10. The highest BCUT2D eigenvalue weighted by molar-refractivity contribution is 14.1. The van der Waals surface area contributed by atoms with Crippen LogP contribution in [0.4, 0.5) is 0 Å². The van der Waals surface area contributed by atoms with Gasteiger partial charge in [-0.1, -0.05) is 6.07 Å². The van der Waals surface area contributed by atoms with Gasteiger partial charge in [-0.3, -0.25) is 9.30 Å². The predicted molar refractivity (Wildman–Crippen MR) is 86.4 cm³/mol. The van der Waals surface area contributed by atoms with Gasteiger partial charge in [-0.15, -0.1) is 0 Å². The van der Waals surface area contributed by atoms with E-state index in [-0.39, 0.29) is 0 Å². The summed E-state index contributed by atoms with van der Waals surface area (Å²) in [5.41, 5.74) is 3.35. The molecule has 0 unspecified atom stereocenters. The molecule has 3 aromatic heterocycles. The van der Waals surface area contributed by atoms with Crippen molar-refractivity contribution in [1.82, 2.24) is 24.3 Å². The van der Waals surface area contributed by atoms with Gasteiger partial charge < -0.3 is 4.98 Å². The van der Waals surface area contributed by atoms with Crippen molar-refractivity contribution in [2.75, 3.05) is 7.05 Å². The summed E-state index contributed by atoms with van der Waals surface area (Å²) in [5.74, 6) is 0.995. The van der Waals surface area contributed by atoms with Gasteiger partial charge in [-0.2, -0.15) is 0 Å². The Morgan fingerprint density at radius 2 is 2.15 bits per heavy atom. The zero-order chi connectivity index (χ0) is 14.1. The van der Waals surface area contributed by atoms with Gasteiger partial charge in [0.25, 0.3) is 0 Å². The molecule has 0 aromatic carbocycles. The number of halogens is 1. The zero-order valence-electron chi connectivity index (χ0n) is 11.5. The smallest absolute Gasteiger partial charge is 0.142 e. The third kappa shape index (κ3) is 2.71. The Balaban J connectivity index is 1.78. The van der Waals surface area contributed by atoms with E-state index in [1.165, 1.54) is 5.56 Å². The molecule has 5 nitrogen and oxygen atoms in total. The SMILES string of the molecule is Cc1cnc(CN(C)Cc2cccn3c(I)cnc23)[nH]1. The molecule has 0 aliphatic rings. The minimum atomic E-state index is 0.798. The number of imidazole rings is 2. The van der Waals surface area contributed by atoms with Crippen molar-refractivity contribution in [2.24, 2.45) is 0 Å². The molecule has 0 aliphatic heterocycles. The lowest BCUT2D eigenvalue weighted by atomic mass is 10.2. The van der Waals surface area contributed by atoms with E-state index in [4.69, 9.17) is 0 Å². The molecule has 0 saturated heterocycles. The maximum Gasteiger partial charge on any atom is 0.142 e. The number of hydrogen-bond donors (Lipinski definition) is 1. The topological polar surface area (TPSA) is 49.2 Å². The van der Waals surface area contributed by atoms with E-state index in [2.05, 4.69) is 66.0 Å². The van der Waals surface area contributed by atoms with Crippen LogP contribution < -0.4 is 0 Å². The van der Waals surface area contributed by atoms with E-state index < -0.39 is 0 Å². The van der Waals surface area contributed by atoms with Crippen molar-refractivity contribution < 1.29 is 0 Å². The molecule has 6 heteroatoms. The first-order chi connectivity index (χ1) is 9.63. The second-order valence-electron chi connectivity index (χ2n) is 4.99. The maximum atomic E-state index is 4.49. The van der Waals surface area contributed by atoms with Gasteiger partial charge in [0, 0.05) is 30.2 Å². The number of nitrogens with zero attached hydrogens (tertiary/aromatic N) is 4. The number of fused-ring (bicyclic) bond motifs is 1. The minimum absolute atomic E-state index is 0.798. The summed E-state index contributed by atoms with van der Waals surface area (Å²) in [6.45, 7) is 3.66. The summed E-state index contributed by atoms with van der Waals surface area (Å²) in [6.07, 6.45) is 5.81. The van der Waals surface area contributed by atoms with E-state index in [0.717, 1.165) is 34.0 Å². The maximum absolute atomic E-state index is 4.49. The Hall–Kier alpha value is -1.41. The second kappa shape index (κ2) is 5.53. The quantitative estimate of drug-likeness (QED) is 0.707. The molecule has 0 aliphatic carbocycles. The molecular formula is C14H16IN5. The minimum Gasteiger partial charge on any atom is -0.345 e. The molecule has 20 heavy (non-hydrogen) atoms. The molecular weight excluding hydrogens is 365 g/mol. The van der Waals surface area contributed by atoms with Crippen LogP contribution in [0, 0.1) is 10.6 Å². The number of aryl methyl sites for hydroxylation is 1. The van der Waals surface area contributed by atoms with Crippen LogP contribution in [-0.2, 0) is 13.1 Å². The van der Waals surface area contributed by atoms with Gasteiger partial charge in [-0.05, 0) is 42.6 Å². The zero-order valence-corrected chi connectivity index (χ0v) is 13.6. The van der Waals surface area contributed by atoms with Crippen LogP contribution >= 0.6 is 22.6 Å². The molecule has 3 aromatic rings. The summed E-state index contributed by atoms with van der Waals surface area (Å²) >= 11 is 2.30. The van der Waals surface area contributed by atoms with Gasteiger partial charge in [0.05, 0.1) is 12.7 Å². The van der Waals surface area contributed by atoms with Crippen molar-refractivity contribution >= 4 is 28.2 Å². The average molecular weight is 381 g/mol. The normalized spacial score (nSPS) is 11.6. The van der Waals surface area contributed by atoms with E-state index in [1.807, 2.05) is 25.5 Å². The Bertz CT molecular complexity index is 730. The summed E-state index contributed by atoms with van der Waals surface area (Å²) in [6, 6.07) is 4.19. The Labute approximate surface area is 131 Å². The number of rotatable bonds is 4. The molecule has 3 heterocycles. The lowest BCUT2D eigenvalue weighted by molar-refractivity contribution is 0.312. The van der Waals surface area contributed by atoms with Crippen LogP contribution in [-0.4, -0.2) is 31.3 Å². The highest BCUT2D eigenvalue weighted by atomic mass is 127. The first kappa shape index (κ1) is 13.6. The third-order valence-corrected chi connectivity index (χ3v) is 3.99. The molecule has 1 N–H and O–H groups in total. The van der Waals surface area contributed by atoms with E-state index in [1.54, 1.807) is 0 Å². The fourth-order valence-corrected chi connectivity index (χ4v) is 2.84. The standard InChI is InChI=1S/C14H16IN5/c1-10-6-16-13(18-10)9-19(2)8-11-4-3-5-20-12(15)7-17-14(11)20/h3-7H,8-9H2,1-2H3,(H,16,18). The fraction of sp³-hybridized carbons (Fsp3) is 0.286. The van der Waals surface area contributed by atoms with E-state index in [9.17, 15) is 0 Å². The highest BCUT2D eigenvalue weighted by Gasteiger charge is 2.09. The van der Waals surface area contributed by atoms with Crippen molar-refractivity contribution in [3.05, 3.63) is 51.5 Å². The van der Waals surface area contributed by atoms with Gasteiger partial charge >= 0.3 is 0 Å². The molecule has 0 fully saturated rings. The van der Waals surface area contributed by atoms with E-state index >= 15 is 0 Å². The first-order valence-corrected chi connectivity index (χ1v) is 7.51. The number of nitrogens with one attached hydrogen (secondary N) is 1. The predicted octanol–water partition coefficient (Wildman–Crippen LogP) is 2.60. The van der Waals surface area contributed by atoms with Gasteiger partial charge in [0.2, 0.25) is 0 Å². The molecule has 0 amide bonds. The van der Waals surface area contributed by atoms with Gasteiger partial charge in [-0.25, -0.2) is 9.97 Å². The van der Waals surface area contributed by atoms with Crippen LogP contribution in [0.2, 0.25) is 0 Å². The Kier molecular flexibility index (Phi) is 3.75. The monoisotopic (exact) mass is 381 g/mol. The Morgan fingerprint density at radius 1 is 1.30 bits per heavy atom. The lowest BCUT2D eigenvalue weighted by Gasteiger charge is -2.15. The van der Waals surface area contributed by atoms with Crippen molar-refractivity contribution in [3.63, 3.8) is 0 Å². The van der Waals surface area contributed by atoms with Crippen LogP contribution in [0.3, 0.4) is 0 Å². The molecule has 0 saturated carbocycles. The molecule has 0 atom stereocenters. The molecule has 0 spiro atoms. The molecule has 0 radical (unpaired) electrons. The lowest BCUT2D eigenvalue weighted by Crippen LogP contribution is -2.18. The number of aromatic nitrogens is 4. The first-order valence-electron chi connectivity index (χ1n) is 6.43. The van der Waals surface area contributed by atoms with Crippen LogP contribution in [0.1, 0.15) is 17.1 Å². The Morgan fingerprint density at radius 3 is 2.90 bits per heavy atom. The average Bonchev–Trinajstić information content (AvgIpc) is 2.98. The number of hydrogen-bond acceptors (Lipinski definition) is 3. The summed E-state index contributed by atoms with van der Waals surface area (Å²) < 4.78 is 3.24. The van der Waals surface area contributed by atoms with Gasteiger partial charge in [0.1, 0.15) is 15.2 Å². The van der Waals surface area contributed by atoms with Crippen LogP contribution in [0.5, 0.6) is 0 Å². The molecule has 104 valence electrons. The summed E-state index contributed by atoms with van der Waals surface area (Å²) in [4.78, 5) is 14.3. The van der Waals surface area contributed by atoms with Crippen molar-refractivity contribution in [2.45, 2.75) is 20.0 Å². The summed E-state index contributed by atoms with van der Waals surface area (Å²) in [7, 11) is 2.09. The highest BCUT2D eigenvalue weighted by Crippen LogP contribution is 2.15. The van der Waals surface area contributed by atoms with Crippen molar-refractivity contribution in [3.8, 4) is 0 Å². The number of pyridine rings is 1. The molecule has 3 rings (SSSR count). The van der Waals surface area contributed by atoms with E-state index in [0.29, 0.717) is 0 Å². The largest absolute Gasteiger partial charge is 0.345 e. The molecule has 0 bridgehead atoms. The number of aromatic amines is 1. The van der Waals surface area contributed by atoms with Gasteiger partial charge in [0.15, 0.2) is 0 Å². The number of H-pyrrole nitrogens is 1. The summed E-state index contributed by atoms with van der Waals surface area (Å²) in [5, 5.41) is 0. The van der Waals surface area contributed by atoms with Crippen molar-refractivity contribution in [1.29, 1.82) is 0 Å². The fourth-order valence-electron chi connectivity index (χ4n) is 2.31.